The van der Waals surface area contributed by atoms with E-state index in [0.29, 0.717) is 27.9 Å². The van der Waals surface area contributed by atoms with Crippen LogP contribution in [0.2, 0.25) is 0 Å². The Labute approximate surface area is 131 Å². The molecule has 2 N–H and O–H groups in total. The van der Waals surface area contributed by atoms with Gasteiger partial charge < -0.3 is 14.6 Å². The molecule has 0 saturated heterocycles. The number of carboxylic acids is 1. The Balaban J connectivity index is 1.85. The molecular formula is C17H14FNO4. The zero-order valence-corrected chi connectivity index (χ0v) is 12.1. The molecule has 0 fully saturated rings. The van der Waals surface area contributed by atoms with Crippen LogP contribution >= 0.6 is 0 Å². The van der Waals surface area contributed by atoms with E-state index in [1.807, 2.05) is 0 Å². The molecule has 0 saturated carbocycles. The van der Waals surface area contributed by atoms with E-state index in [1.165, 1.54) is 12.3 Å². The van der Waals surface area contributed by atoms with Crippen molar-refractivity contribution in [2.24, 2.45) is 0 Å². The van der Waals surface area contributed by atoms with E-state index in [2.05, 4.69) is 4.98 Å². The van der Waals surface area contributed by atoms with Gasteiger partial charge in [-0.3, -0.25) is 9.78 Å². The summed E-state index contributed by atoms with van der Waals surface area (Å²) in [7, 11) is 0. The first kappa shape index (κ1) is 15.2. The summed E-state index contributed by atoms with van der Waals surface area (Å²) in [5.41, 5.74) is 1.54. The summed E-state index contributed by atoms with van der Waals surface area (Å²) in [6, 6.07) is 8.18. The number of aliphatic hydroxyl groups is 1. The summed E-state index contributed by atoms with van der Waals surface area (Å²) in [6.45, 7) is 0. The van der Waals surface area contributed by atoms with Crippen molar-refractivity contribution in [1.82, 2.24) is 4.98 Å². The summed E-state index contributed by atoms with van der Waals surface area (Å²) >= 11 is 0. The second-order valence-corrected chi connectivity index (χ2v) is 5.28. The van der Waals surface area contributed by atoms with E-state index in [9.17, 15) is 14.3 Å². The third-order valence-corrected chi connectivity index (χ3v) is 3.55. The highest BCUT2D eigenvalue weighted by atomic mass is 19.1. The van der Waals surface area contributed by atoms with Gasteiger partial charge in [-0.2, -0.15) is 0 Å². The van der Waals surface area contributed by atoms with Crippen molar-refractivity contribution in [2.75, 3.05) is 0 Å². The zero-order valence-electron chi connectivity index (χ0n) is 12.1. The summed E-state index contributed by atoms with van der Waals surface area (Å²) in [5.74, 6) is -1.09. The van der Waals surface area contributed by atoms with Gasteiger partial charge in [-0.05, 0) is 35.4 Å². The van der Waals surface area contributed by atoms with Crippen LogP contribution in [0.25, 0.3) is 11.0 Å². The van der Waals surface area contributed by atoms with Crippen molar-refractivity contribution in [2.45, 2.75) is 18.9 Å². The Morgan fingerprint density at radius 2 is 2.13 bits per heavy atom. The fraction of sp³-hybridized carbons (Fsp3) is 0.176. The molecule has 3 rings (SSSR count). The van der Waals surface area contributed by atoms with Gasteiger partial charge in [0.2, 0.25) is 0 Å². The number of aliphatic carboxylic acids is 1. The number of benzene rings is 1. The molecule has 0 spiro atoms. The van der Waals surface area contributed by atoms with Crippen LogP contribution in [0.5, 0.6) is 0 Å². The van der Waals surface area contributed by atoms with Crippen molar-refractivity contribution in [3.63, 3.8) is 0 Å². The van der Waals surface area contributed by atoms with Crippen LogP contribution in [0.4, 0.5) is 4.39 Å². The van der Waals surface area contributed by atoms with Gasteiger partial charge in [0, 0.05) is 18.0 Å². The lowest BCUT2D eigenvalue weighted by Gasteiger charge is -2.07. The molecule has 1 aromatic carbocycles. The number of carboxylic acid groups (broad SMARTS) is 1. The van der Waals surface area contributed by atoms with Crippen LogP contribution < -0.4 is 0 Å². The fourth-order valence-electron chi connectivity index (χ4n) is 2.44. The first-order valence-electron chi connectivity index (χ1n) is 7.03. The molecule has 1 atom stereocenters. The zero-order chi connectivity index (χ0) is 16.4. The van der Waals surface area contributed by atoms with Crippen LogP contribution in [0, 0.1) is 5.82 Å². The van der Waals surface area contributed by atoms with Crippen LogP contribution in [0.1, 0.15) is 23.0 Å². The third-order valence-electron chi connectivity index (χ3n) is 3.55. The fourth-order valence-corrected chi connectivity index (χ4v) is 2.44. The first-order chi connectivity index (χ1) is 11.0. The van der Waals surface area contributed by atoms with Crippen LogP contribution in [0.3, 0.4) is 0 Å². The Kier molecular flexibility index (Phi) is 4.08. The lowest BCUT2D eigenvalue weighted by Crippen LogP contribution is -2.02. The molecule has 0 radical (unpaired) electrons. The van der Waals surface area contributed by atoms with Crippen LogP contribution in [-0.2, 0) is 17.6 Å². The minimum absolute atomic E-state index is 0.0656. The number of fused-ring (bicyclic) bond motifs is 1. The monoisotopic (exact) mass is 315 g/mol. The molecule has 2 aromatic heterocycles. The third kappa shape index (κ3) is 3.37. The minimum Gasteiger partial charge on any atom is -0.481 e. The number of carbonyl (C=O) groups is 1. The van der Waals surface area contributed by atoms with Crippen molar-refractivity contribution in [1.29, 1.82) is 0 Å². The van der Waals surface area contributed by atoms with E-state index < -0.39 is 17.9 Å². The molecule has 0 aliphatic heterocycles. The molecule has 6 heteroatoms. The molecule has 0 aliphatic rings. The molecule has 0 amide bonds. The largest absolute Gasteiger partial charge is 0.481 e. The summed E-state index contributed by atoms with van der Waals surface area (Å²) in [5, 5.41) is 19.8. The second kappa shape index (κ2) is 6.18. The maximum atomic E-state index is 13.6. The van der Waals surface area contributed by atoms with Crippen molar-refractivity contribution >= 4 is 16.9 Å². The van der Waals surface area contributed by atoms with Crippen molar-refractivity contribution in [3.8, 4) is 0 Å². The van der Waals surface area contributed by atoms with Gasteiger partial charge in [0.25, 0.3) is 0 Å². The second-order valence-electron chi connectivity index (χ2n) is 5.28. The lowest BCUT2D eigenvalue weighted by atomic mass is 10.1. The van der Waals surface area contributed by atoms with Gasteiger partial charge in [-0.25, -0.2) is 4.39 Å². The van der Waals surface area contributed by atoms with Gasteiger partial charge in [0.05, 0.1) is 12.6 Å². The van der Waals surface area contributed by atoms with Gasteiger partial charge in [-0.15, -0.1) is 0 Å². The van der Waals surface area contributed by atoms with Gasteiger partial charge in [-0.1, -0.05) is 6.07 Å². The highest BCUT2D eigenvalue weighted by Gasteiger charge is 2.16. The average molecular weight is 315 g/mol. The van der Waals surface area contributed by atoms with E-state index in [0.717, 1.165) is 6.20 Å². The predicted octanol–water partition coefficient (Wildman–Crippen LogP) is 2.87. The number of halogens is 1. The Morgan fingerprint density at radius 1 is 1.30 bits per heavy atom. The highest BCUT2D eigenvalue weighted by molar-refractivity contribution is 5.80. The van der Waals surface area contributed by atoms with Crippen molar-refractivity contribution in [3.05, 3.63) is 65.4 Å². The summed E-state index contributed by atoms with van der Waals surface area (Å²) in [6.07, 6.45) is 1.54. The number of hydrogen-bond donors (Lipinski definition) is 2. The first-order valence-corrected chi connectivity index (χ1v) is 7.03. The Bertz CT molecular complexity index is 859. The highest BCUT2D eigenvalue weighted by Crippen LogP contribution is 2.27. The molecule has 0 bridgehead atoms. The molecule has 23 heavy (non-hydrogen) atoms. The topological polar surface area (TPSA) is 83.6 Å². The number of furan rings is 1. The summed E-state index contributed by atoms with van der Waals surface area (Å²) in [4.78, 5) is 14.4. The number of nitrogens with zero attached hydrogens (tertiary/aromatic N) is 1. The number of rotatable bonds is 5. The Hall–Kier alpha value is -2.73. The maximum absolute atomic E-state index is 13.6. The molecule has 1 unspecified atom stereocenters. The molecule has 3 aromatic rings. The molecular weight excluding hydrogens is 301 g/mol. The van der Waals surface area contributed by atoms with Crippen LogP contribution in [0.15, 0.2) is 47.1 Å². The molecule has 0 aliphatic carbocycles. The van der Waals surface area contributed by atoms with Gasteiger partial charge >= 0.3 is 5.97 Å². The molecule has 118 valence electrons. The maximum Gasteiger partial charge on any atom is 0.307 e. The van der Waals surface area contributed by atoms with E-state index in [-0.39, 0.29) is 12.8 Å². The lowest BCUT2D eigenvalue weighted by molar-refractivity contribution is -0.136. The average Bonchev–Trinajstić information content (AvgIpc) is 2.92. The Morgan fingerprint density at radius 3 is 2.87 bits per heavy atom. The molecule has 5 nitrogen and oxygen atoms in total. The SMILES string of the molecule is O=C(O)Cc1ccc2oc(C(O)Cc3ccncc3F)cc2c1. The quantitative estimate of drug-likeness (QED) is 0.756. The minimum atomic E-state index is -0.998. The van der Waals surface area contributed by atoms with E-state index in [4.69, 9.17) is 9.52 Å². The summed E-state index contributed by atoms with van der Waals surface area (Å²) < 4.78 is 19.2. The van der Waals surface area contributed by atoms with E-state index >= 15 is 0 Å². The number of aromatic nitrogens is 1. The number of aliphatic hydroxyl groups excluding tert-OH is 1. The van der Waals surface area contributed by atoms with Crippen LogP contribution in [-0.4, -0.2) is 21.2 Å². The number of pyridine rings is 1. The van der Waals surface area contributed by atoms with E-state index in [1.54, 1.807) is 24.3 Å². The molecule has 2 heterocycles. The van der Waals surface area contributed by atoms with Gasteiger partial charge in [0.1, 0.15) is 23.3 Å². The predicted molar refractivity (Wildman–Crippen MR) is 80.4 cm³/mol. The van der Waals surface area contributed by atoms with Crippen molar-refractivity contribution < 1.29 is 23.8 Å². The standard InChI is InChI=1S/C17H14FNO4/c18-13-9-19-4-3-11(13)7-14(20)16-8-12-5-10(6-17(21)22)1-2-15(12)23-16/h1-5,8-9,14,20H,6-7H2,(H,21,22). The normalized spacial score (nSPS) is 12.4. The van der Waals surface area contributed by atoms with Gasteiger partial charge in [0.15, 0.2) is 0 Å². The smallest absolute Gasteiger partial charge is 0.307 e. The number of hydrogen-bond acceptors (Lipinski definition) is 4.